The largest absolute Gasteiger partial charge is 0.399 e. The summed E-state index contributed by atoms with van der Waals surface area (Å²) in [5.41, 5.74) is 6.53. The van der Waals surface area contributed by atoms with Crippen molar-refractivity contribution in [2.75, 3.05) is 5.73 Å². The van der Waals surface area contributed by atoms with E-state index in [9.17, 15) is 4.79 Å². The first-order valence-electron chi connectivity index (χ1n) is 4.33. The van der Waals surface area contributed by atoms with Gasteiger partial charge in [0.25, 0.3) is 0 Å². The van der Waals surface area contributed by atoms with Crippen LogP contribution in [-0.2, 0) is 0 Å². The maximum absolute atomic E-state index is 11.5. The first-order chi connectivity index (χ1) is 7.25. The highest BCUT2D eigenvalue weighted by atomic mass is 16.7. The maximum atomic E-state index is 11.5. The van der Waals surface area contributed by atoms with Gasteiger partial charge in [0, 0.05) is 5.69 Å². The molecule has 0 amide bonds. The fraction of sp³-hybridized carbons (Fsp3) is 0. The highest BCUT2D eigenvalue weighted by Gasteiger charge is 2.07. The van der Waals surface area contributed by atoms with Gasteiger partial charge in [-0.1, -0.05) is 4.85 Å². The Hall–Kier alpha value is -2.30. The molecule has 2 N–H and O–H groups in total. The molecule has 1 aromatic heterocycles. The predicted molar refractivity (Wildman–Crippen MR) is 54.0 cm³/mol. The summed E-state index contributed by atoms with van der Waals surface area (Å²) < 4.78 is 0. The number of hydrogen-bond donors (Lipinski definition) is 1. The molecule has 15 heavy (non-hydrogen) atoms. The molecule has 0 atom stereocenters. The molecule has 0 fully saturated rings. The van der Waals surface area contributed by atoms with Crippen molar-refractivity contribution >= 4 is 11.7 Å². The summed E-state index contributed by atoms with van der Waals surface area (Å²) in [5, 5.41) is 3.75. The summed E-state index contributed by atoms with van der Waals surface area (Å²) in [5.74, 6) is -0.473. The van der Waals surface area contributed by atoms with Gasteiger partial charge in [-0.3, -0.25) is 0 Å². The highest BCUT2D eigenvalue weighted by molar-refractivity contribution is 5.89. The molecule has 0 bridgehead atoms. The van der Waals surface area contributed by atoms with Gasteiger partial charge in [-0.2, -0.15) is 0 Å². The number of nitrogens with zero attached hydrogens (tertiary/aromatic N) is 2. The van der Waals surface area contributed by atoms with Gasteiger partial charge < -0.3 is 10.6 Å². The molecule has 0 saturated carbocycles. The lowest BCUT2D eigenvalue weighted by Crippen LogP contribution is -2.20. The molecule has 76 valence electrons. The van der Waals surface area contributed by atoms with Gasteiger partial charge in [0.15, 0.2) is 0 Å². The number of rotatable bonds is 2. The maximum Gasteiger partial charge on any atom is 0.365 e. The summed E-state index contributed by atoms with van der Waals surface area (Å²) in [6.07, 6.45) is 3.06. The normalized spacial score (nSPS) is 9.87. The first-order valence-corrected chi connectivity index (χ1v) is 4.33. The van der Waals surface area contributed by atoms with Crippen molar-refractivity contribution in [3.8, 4) is 0 Å². The van der Waals surface area contributed by atoms with Crippen LogP contribution in [0, 0.1) is 0 Å². The van der Waals surface area contributed by atoms with Crippen molar-refractivity contribution < 1.29 is 9.63 Å². The molecule has 5 heteroatoms. The van der Waals surface area contributed by atoms with E-state index in [4.69, 9.17) is 10.6 Å². The number of anilines is 1. The Labute approximate surface area is 86.0 Å². The predicted octanol–water partition coefficient (Wildman–Crippen LogP) is 0.734. The number of nitrogens with two attached hydrogens (primary N) is 1. The molecule has 0 saturated heterocycles. The summed E-state index contributed by atoms with van der Waals surface area (Å²) in [4.78, 5) is 17.5. The third kappa shape index (κ3) is 2.14. The number of hydrogen-bond acceptors (Lipinski definition) is 4. The molecule has 5 nitrogen and oxygen atoms in total. The van der Waals surface area contributed by atoms with Crippen LogP contribution in [-0.4, -0.2) is 15.9 Å². The molecule has 0 spiro atoms. The zero-order valence-corrected chi connectivity index (χ0v) is 7.83. The monoisotopic (exact) mass is 203 g/mol. The molecule has 0 aliphatic heterocycles. The Morgan fingerprint density at radius 1 is 1.33 bits per heavy atom. The minimum absolute atomic E-state index is 0.430. The van der Waals surface area contributed by atoms with Gasteiger partial charge in [0.2, 0.25) is 0 Å². The van der Waals surface area contributed by atoms with Gasteiger partial charge in [-0.05, 0) is 30.3 Å². The quantitative estimate of drug-likeness (QED) is 0.730. The van der Waals surface area contributed by atoms with Crippen molar-refractivity contribution in [1.29, 1.82) is 0 Å². The molecular weight excluding hydrogens is 194 g/mol. The van der Waals surface area contributed by atoms with E-state index >= 15 is 0 Å². The standard InChI is InChI=1S/C10H9N3O2/c11-9-4-2-8(3-5-9)10(14)15-13-7-1-6-12-13/h1-7H,11H2. The average Bonchev–Trinajstić information content (AvgIpc) is 2.71. The van der Waals surface area contributed by atoms with Crippen molar-refractivity contribution in [2.45, 2.75) is 0 Å². The van der Waals surface area contributed by atoms with E-state index < -0.39 is 5.97 Å². The molecule has 0 unspecified atom stereocenters. The number of benzene rings is 1. The third-order valence-electron chi connectivity index (χ3n) is 1.80. The number of aromatic nitrogens is 2. The fourth-order valence-corrected chi connectivity index (χ4v) is 1.07. The van der Waals surface area contributed by atoms with Gasteiger partial charge in [0.05, 0.1) is 18.0 Å². The zero-order valence-electron chi connectivity index (χ0n) is 7.83. The second-order valence-electron chi connectivity index (χ2n) is 2.91. The second kappa shape index (κ2) is 3.83. The lowest BCUT2D eigenvalue weighted by molar-refractivity contribution is 0.0394. The van der Waals surface area contributed by atoms with Gasteiger partial charge in [-0.15, -0.1) is 5.10 Å². The lowest BCUT2D eigenvalue weighted by Gasteiger charge is -2.02. The van der Waals surface area contributed by atoms with E-state index in [1.165, 1.54) is 12.4 Å². The summed E-state index contributed by atoms with van der Waals surface area (Å²) >= 11 is 0. The molecule has 1 aromatic carbocycles. The number of nitrogen functional groups attached to an aromatic ring is 1. The number of carbonyl (C=O) groups is 1. The van der Waals surface area contributed by atoms with E-state index in [-0.39, 0.29) is 0 Å². The Balaban J connectivity index is 2.11. The van der Waals surface area contributed by atoms with Crippen LogP contribution >= 0.6 is 0 Å². The molecule has 0 radical (unpaired) electrons. The molecular formula is C10H9N3O2. The lowest BCUT2D eigenvalue weighted by atomic mass is 10.2. The van der Waals surface area contributed by atoms with E-state index in [0.29, 0.717) is 11.3 Å². The molecule has 0 aliphatic carbocycles. The second-order valence-corrected chi connectivity index (χ2v) is 2.91. The summed E-state index contributed by atoms with van der Waals surface area (Å²) in [6, 6.07) is 8.14. The Morgan fingerprint density at radius 3 is 2.67 bits per heavy atom. The first kappa shape index (κ1) is 9.26. The molecule has 2 rings (SSSR count). The van der Waals surface area contributed by atoms with Crippen LogP contribution in [0.25, 0.3) is 0 Å². The Kier molecular flexibility index (Phi) is 2.37. The van der Waals surface area contributed by atoms with Crippen LogP contribution in [0.1, 0.15) is 10.4 Å². The van der Waals surface area contributed by atoms with Crippen molar-refractivity contribution in [3.63, 3.8) is 0 Å². The van der Waals surface area contributed by atoms with Crippen LogP contribution < -0.4 is 10.6 Å². The topological polar surface area (TPSA) is 70.1 Å². The average molecular weight is 203 g/mol. The smallest absolute Gasteiger partial charge is 0.365 e. The molecule has 0 aliphatic rings. The summed E-state index contributed by atoms with van der Waals surface area (Å²) in [7, 11) is 0. The van der Waals surface area contributed by atoms with E-state index in [1.807, 2.05) is 0 Å². The zero-order chi connectivity index (χ0) is 10.7. The van der Waals surface area contributed by atoms with Crippen molar-refractivity contribution in [3.05, 3.63) is 48.3 Å². The van der Waals surface area contributed by atoms with Crippen molar-refractivity contribution in [2.24, 2.45) is 0 Å². The van der Waals surface area contributed by atoms with Crippen molar-refractivity contribution in [1.82, 2.24) is 9.94 Å². The van der Waals surface area contributed by atoms with E-state index in [2.05, 4.69) is 5.10 Å². The van der Waals surface area contributed by atoms with Crippen LogP contribution in [0.5, 0.6) is 0 Å². The van der Waals surface area contributed by atoms with Crippen LogP contribution in [0.4, 0.5) is 5.69 Å². The Morgan fingerprint density at radius 2 is 2.07 bits per heavy atom. The van der Waals surface area contributed by atoms with Crippen LogP contribution in [0.15, 0.2) is 42.7 Å². The van der Waals surface area contributed by atoms with Crippen LogP contribution in [0.2, 0.25) is 0 Å². The third-order valence-corrected chi connectivity index (χ3v) is 1.80. The van der Waals surface area contributed by atoms with Gasteiger partial charge in [-0.25, -0.2) is 4.79 Å². The minimum atomic E-state index is -0.473. The van der Waals surface area contributed by atoms with Gasteiger partial charge in [0.1, 0.15) is 0 Å². The SMILES string of the molecule is Nc1ccc(C(=O)On2cccn2)cc1. The molecule has 1 heterocycles. The van der Waals surface area contributed by atoms with Crippen LogP contribution in [0.3, 0.4) is 0 Å². The summed E-state index contributed by atoms with van der Waals surface area (Å²) in [6.45, 7) is 0. The number of carbonyl (C=O) groups excluding carboxylic acids is 1. The highest BCUT2D eigenvalue weighted by Crippen LogP contribution is 2.05. The molecule has 2 aromatic rings. The fourth-order valence-electron chi connectivity index (χ4n) is 1.07. The minimum Gasteiger partial charge on any atom is -0.399 e. The van der Waals surface area contributed by atoms with Gasteiger partial charge >= 0.3 is 5.97 Å². The van der Waals surface area contributed by atoms with E-state index in [1.54, 1.807) is 30.3 Å². The Bertz CT molecular complexity index is 448. The van der Waals surface area contributed by atoms with E-state index in [0.717, 1.165) is 4.85 Å².